The van der Waals surface area contributed by atoms with Crippen LogP contribution < -0.4 is 10.2 Å². The maximum Gasteiger partial charge on any atom is 0.289 e. The summed E-state index contributed by atoms with van der Waals surface area (Å²) < 4.78 is 5.21. The fourth-order valence-corrected chi connectivity index (χ4v) is 3.28. The lowest BCUT2D eigenvalue weighted by Crippen LogP contribution is -2.49. The molecule has 3 aromatic rings. The van der Waals surface area contributed by atoms with E-state index >= 15 is 0 Å². The van der Waals surface area contributed by atoms with E-state index in [0.29, 0.717) is 43.8 Å². The first-order valence-electron chi connectivity index (χ1n) is 9.74. The Hall–Kier alpha value is -3.42. The second kappa shape index (κ2) is 8.30. The van der Waals surface area contributed by atoms with Crippen molar-refractivity contribution in [3.8, 4) is 0 Å². The molecule has 0 spiro atoms. The van der Waals surface area contributed by atoms with Gasteiger partial charge in [0.15, 0.2) is 11.6 Å². The molecular weight excluding hydrogens is 368 g/mol. The predicted octanol–water partition coefficient (Wildman–Crippen LogP) is 3.29. The van der Waals surface area contributed by atoms with Gasteiger partial charge in [0, 0.05) is 31.9 Å². The number of piperazine rings is 1. The molecule has 1 amide bonds. The molecule has 8 heteroatoms. The summed E-state index contributed by atoms with van der Waals surface area (Å²) in [7, 11) is 0. The summed E-state index contributed by atoms with van der Waals surface area (Å²) in [5.41, 5.74) is 2.20. The summed E-state index contributed by atoms with van der Waals surface area (Å²) in [4.78, 5) is 20.9. The van der Waals surface area contributed by atoms with Gasteiger partial charge < -0.3 is 19.5 Å². The SMILES string of the molecule is CC(C)c1ccc(Nc2nncc(N3CCN(C(=O)c4ccco4)CC3)n2)cc1. The standard InChI is InChI=1S/C21H24N6O2/c1-15(2)16-5-7-17(8-6-16)23-21-24-19(14-22-25-21)26-9-11-27(12-10-26)20(28)18-4-3-13-29-18/h3-8,13-15H,9-12H2,1-2H3,(H,23,24,25). The Morgan fingerprint density at radius 2 is 1.86 bits per heavy atom. The molecule has 0 saturated carbocycles. The van der Waals surface area contributed by atoms with Gasteiger partial charge in [0.05, 0.1) is 12.5 Å². The first kappa shape index (κ1) is 18.9. The smallest absolute Gasteiger partial charge is 0.289 e. The highest BCUT2D eigenvalue weighted by molar-refractivity contribution is 5.91. The van der Waals surface area contributed by atoms with Gasteiger partial charge in [-0.2, -0.15) is 10.1 Å². The molecule has 0 atom stereocenters. The topological polar surface area (TPSA) is 87.4 Å². The molecule has 150 valence electrons. The van der Waals surface area contributed by atoms with Gasteiger partial charge in [-0.1, -0.05) is 26.0 Å². The van der Waals surface area contributed by atoms with Gasteiger partial charge in [-0.15, -0.1) is 5.10 Å². The summed E-state index contributed by atoms with van der Waals surface area (Å²) in [6, 6.07) is 11.6. The van der Waals surface area contributed by atoms with Crippen molar-refractivity contribution in [2.75, 3.05) is 36.4 Å². The molecule has 3 heterocycles. The van der Waals surface area contributed by atoms with E-state index in [0.717, 1.165) is 11.5 Å². The maximum atomic E-state index is 12.4. The fraction of sp³-hybridized carbons (Fsp3) is 0.333. The number of carbonyl (C=O) groups is 1. The first-order chi connectivity index (χ1) is 14.1. The van der Waals surface area contributed by atoms with Crippen LogP contribution in [0.25, 0.3) is 0 Å². The van der Waals surface area contributed by atoms with E-state index < -0.39 is 0 Å². The minimum absolute atomic E-state index is 0.0809. The number of hydrogen-bond acceptors (Lipinski definition) is 7. The van der Waals surface area contributed by atoms with Gasteiger partial charge in [-0.25, -0.2) is 0 Å². The normalized spacial score (nSPS) is 14.3. The molecule has 0 aliphatic carbocycles. The molecule has 1 aromatic carbocycles. The largest absolute Gasteiger partial charge is 0.459 e. The zero-order valence-electron chi connectivity index (χ0n) is 16.6. The minimum Gasteiger partial charge on any atom is -0.459 e. The average Bonchev–Trinajstić information content (AvgIpc) is 3.29. The third-order valence-corrected chi connectivity index (χ3v) is 5.00. The monoisotopic (exact) mass is 392 g/mol. The molecule has 1 aliphatic heterocycles. The molecule has 2 aromatic heterocycles. The third kappa shape index (κ3) is 4.37. The van der Waals surface area contributed by atoms with Crippen molar-refractivity contribution in [1.29, 1.82) is 0 Å². The number of carbonyl (C=O) groups excluding carboxylic acids is 1. The van der Waals surface area contributed by atoms with Gasteiger partial charge in [0.25, 0.3) is 5.91 Å². The van der Waals surface area contributed by atoms with Gasteiger partial charge in [-0.05, 0) is 35.7 Å². The van der Waals surface area contributed by atoms with Crippen LogP contribution in [-0.2, 0) is 0 Å². The van der Waals surface area contributed by atoms with Gasteiger partial charge >= 0.3 is 0 Å². The van der Waals surface area contributed by atoms with Crippen molar-refractivity contribution in [2.24, 2.45) is 0 Å². The third-order valence-electron chi connectivity index (χ3n) is 5.00. The summed E-state index contributed by atoms with van der Waals surface area (Å²) in [5, 5.41) is 11.4. The second-order valence-electron chi connectivity index (χ2n) is 7.30. The highest BCUT2D eigenvalue weighted by atomic mass is 16.3. The zero-order valence-corrected chi connectivity index (χ0v) is 16.6. The van der Waals surface area contributed by atoms with E-state index in [-0.39, 0.29) is 5.91 Å². The molecule has 4 rings (SSSR count). The maximum absolute atomic E-state index is 12.4. The molecule has 1 saturated heterocycles. The van der Waals surface area contributed by atoms with Crippen molar-refractivity contribution in [3.05, 3.63) is 60.2 Å². The van der Waals surface area contributed by atoms with E-state index in [4.69, 9.17) is 4.42 Å². The summed E-state index contributed by atoms with van der Waals surface area (Å²) in [6.45, 7) is 6.88. The Morgan fingerprint density at radius 3 is 2.52 bits per heavy atom. The second-order valence-corrected chi connectivity index (χ2v) is 7.30. The van der Waals surface area contributed by atoms with Crippen molar-refractivity contribution in [3.63, 3.8) is 0 Å². The van der Waals surface area contributed by atoms with Crippen LogP contribution in [0.3, 0.4) is 0 Å². The Morgan fingerprint density at radius 1 is 1.10 bits per heavy atom. The van der Waals surface area contributed by atoms with E-state index in [1.54, 1.807) is 23.2 Å². The number of hydrogen-bond donors (Lipinski definition) is 1. The highest BCUT2D eigenvalue weighted by Gasteiger charge is 2.24. The van der Waals surface area contributed by atoms with Gasteiger partial charge in [0.1, 0.15) is 0 Å². The Kier molecular flexibility index (Phi) is 5.41. The quantitative estimate of drug-likeness (QED) is 0.713. The molecule has 1 N–H and O–H groups in total. The number of furan rings is 1. The molecule has 0 bridgehead atoms. The Bertz CT molecular complexity index is 948. The fourth-order valence-electron chi connectivity index (χ4n) is 3.28. The van der Waals surface area contributed by atoms with Gasteiger partial charge in [-0.3, -0.25) is 4.79 Å². The van der Waals surface area contributed by atoms with Crippen LogP contribution in [0.2, 0.25) is 0 Å². The lowest BCUT2D eigenvalue weighted by Gasteiger charge is -2.34. The van der Waals surface area contributed by atoms with Crippen molar-refractivity contribution >= 4 is 23.4 Å². The average molecular weight is 392 g/mol. The van der Waals surface area contributed by atoms with E-state index in [2.05, 4.69) is 51.4 Å². The molecule has 0 unspecified atom stereocenters. The molecule has 0 radical (unpaired) electrons. The van der Waals surface area contributed by atoms with Crippen LogP contribution in [0.4, 0.5) is 17.5 Å². The number of aromatic nitrogens is 3. The first-order valence-corrected chi connectivity index (χ1v) is 9.74. The molecular formula is C21H24N6O2. The predicted molar refractivity (Wildman–Crippen MR) is 110 cm³/mol. The van der Waals surface area contributed by atoms with E-state index in [9.17, 15) is 4.79 Å². The minimum atomic E-state index is -0.0809. The molecule has 29 heavy (non-hydrogen) atoms. The Balaban J connectivity index is 1.38. The van der Waals surface area contributed by atoms with Crippen LogP contribution >= 0.6 is 0 Å². The summed E-state index contributed by atoms with van der Waals surface area (Å²) in [5.74, 6) is 1.98. The lowest BCUT2D eigenvalue weighted by atomic mass is 10.0. The number of nitrogens with one attached hydrogen (secondary N) is 1. The number of nitrogens with zero attached hydrogens (tertiary/aromatic N) is 5. The van der Waals surface area contributed by atoms with Crippen LogP contribution in [0.5, 0.6) is 0 Å². The summed E-state index contributed by atoms with van der Waals surface area (Å²) in [6.07, 6.45) is 3.16. The number of amides is 1. The Labute approximate surface area is 169 Å². The van der Waals surface area contributed by atoms with E-state index in [1.165, 1.54) is 11.8 Å². The van der Waals surface area contributed by atoms with Crippen molar-refractivity contribution < 1.29 is 9.21 Å². The highest BCUT2D eigenvalue weighted by Crippen LogP contribution is 2.20. The van der Waals surface area contributed by atoms with E-state index in [1.807, 2.05) is 12.1 Å². The van der Waals surface area contributed by atoms with Crippen LogP contribution in [0.1, 0.15) is 35.9 Å². The zero-order chi connectivity index (χ0) is 20.2. The van der Waals surface area contributed by atoms with Crippen molar-refractivity contribution in [1.82, 2.24) is 20.1 Å². The number of rotatable bonds is 5. The molecule has 1 aliphatic rings. The van der Waals surface area contributed by atoms with Gasteiger partial charge in [0.2, 0.25) is 5.95 Å². The van der Waals surface area contributed by atoms with Crippen LogP contribution in [0.15, 0.2) is 53.3 Å². The number of benzene rings is 1. The number of anilines is 3. The molecule has 8 nitrogen and oxygen atoms in total. The lowest BCUT2D eigenvalue weighted by molar-refractivity contribution is 0.0714. The summed E-state index contributed by atoms with van der Waals surface area (Å²) >= 11 is 0. The van der Waals surface area contributed by atoms with Crippen molar-refractivity contribution in [2.45, 2.75) is 19.8 Å². The molecule has 1 fully saturated rings. The van der Waals surface area contributed by atoms with Crippen LogP contribution in [0, 0.1) is 0 Å². The van der Waals surface area contributed by atoms with Crippen LogP contribution in [-0.4, -0.2) is 52.2 Å².